The van der Waals surface area contributed by atoms with E-state index in [1.165, 1.54) is 4.88 Å². The van der Waals surface area contributed by atoms with Crippen molar-refractivity contribution in [2.45, 2.75) is 39.5 Å². The topological polar surface area (TPSA) is 94.4 Å². The van der Waals surface area contributed by atoms with E-state index in [4.69, 9.17) is 0 Å². The highest BCUT2D eigenvalue weighted by Gasteiger charge is 2.19. The van der Waals surface area contributed by atoms with E-state index >= 15 is 0 Å². The molecule has 3 aromatic rings. The maximum absolute atomic E-state index is 12.4. The normalized spacial score (nSPS) is 13.5. The number of hydrogen-bond acceptors (Lipinski definition) is 4. The lowest BCUT2D eigenvalue weighted by atomic mass is 9.90. The summed E-state index contributed by atoms with van der Waals surface area (Å²) in [4.78, 5) is 39.7. The van der Waals surface area contributed by atoms with E-state index in [0.717, 1.165) is 17.0 Å². The molecule has 0 bridgehead atoms. The maximum atomic E-state index is 12.4. The SMILES string of the molecule is CCc1ccc(/C=c2\[nH]c(=O)/c(=C/c3nc[nH]c3C(C)(C)C)[nH]c2=O)s1. The zero-order chi connectivity index (χ0) is 18.9. The monoisotopic (exact) mass is 370 g/mol. The molecule has 6 nitrogen and oxygen atoms in total. The molecule has 0 aromatic carbocycles. The highest BCUT2D eigenvalue weighted by atomic mass is 32.1. The molecule has 7 heteroatoms. The van der Waals surface area contributed by atoms with Crippen LogP contribution in [-0.2, 0) is 11.8 Å². The number of H-pyrrole nitrogens is 3. The molecular formula is C19H22N4O2S. The average molecular weight is 370 g/mol. The minimum Gasteiger partial charge on any atom is -0.348 e. The molecule has 0 fully saturated rings. The van der Waals surface area contributed by atoms with E-state index in [1.54, 1.807) is 29.8 Å². The summed E-state index contributed by atoms with van der Waals surface area (Å²) in [5.74, 6) is 0. The van der Waals surface area contributed by atoms with E-state index in [2.05, 4.69) is 47.6 Å². The number of hydrogen-bond donors (Lipinski definition) is 3. The van der Waals surface area contributed by atoms with Gasteiger partial charge in [0.15, 0.2) is 0 Å². The van der Waals surface area contributed by atoms with Crippen molar-refractivity contribution in [3.8, 4) is 0 Å². The Morgan fingerprint density at radius 1 is 1.08 bits per heavy atom. The number of aryl methyl sites for hydroxylation is 1. The van der Waals surface area contributed by atoms with Crippen molar-refractivity contribution < 1.29 is 0 Å². The van der Waals surface area contributed by atoms with Crippen molar-refractivity contribution in [2.75, 3.05) is 0 Å². The first-order chi connectivity index (χ1) is 12.3. The van der Waals surface area contributed by atoms with Gasteiger partial charge in [-0.25, -0.2) is 4.98 Å². The lowest BCUT2D eigenvalue weighted by molar-refractivity contribution is 0.571. The zero-order valence-corrected chi connectivity index (χ0v) is 16.1. The molecule has 0 spiro atoms. The molecule has 0 aliphatic heterocycles. The Morgan fingerprint density at radius 2 is 1.73 bits per heavy atom. The first kappa shape index (κ1) is 18.1. The largest absolute Gasteiger partial charge is 0.348 e. The van der Waals surface area contributed by atoms with Crippen molar-refractivity contribution in [3.05, 3.63) is 71.0 Å². The first-order valence-corrected chi connectivity index (χ1v) is 9.28. The Bertz CT molecular complexity index is 1160. The zero-order valence-electron chi connectivity index (χ0n) is 15.3. The van der Waals surface area contributed by atoms with Crippen molar-refractivity contribution in [1.29, 1.82) is 0 Å². The molecule has 0 saturated heterocycles. The summed E-state index contributed by atoms with van der Waals surface area (Å²) in [5, 5.41) is 0.430. The van der Waals surface area contributed by atoms with E-state index in [9.17, 15) is 9.59 Å². The highest BCUT2D eigenvalue weighted by Crippen LogP contribution is 2.22. The molecule has 0 unspecified atom stereocenters. The fourth-order valence-electron chi connectivity index (χ4n) is 2.65. The van der Waals surface area contributed by atoms with Gasteiger partial charge < -0.3 is 15.0 Å². The number of rotatable bonds is 3. The van der Waals surface area contributed by atoms with Gasteiger partial charge in [0.1, 0.15) is 10.7 Å². The lowest BCUT2D eigenvalue weighted by Crippen LogP contribution is -2.46. The quantitative estimate of drug-likeness (QED) is 0.650. The average Bonchev–Trinajstić information content (AvgIpc) is 3.20. The summed E-state index contributed by atoms with van der Waals surface area (Å²) < 4.78 is 0. The number of nitrogens with one attached hydrogen (secondary N) is 3. The number of nitrogens with zero attached hydrogens (tertiary/aromatic N) is 1. The summed E-state index contributed by atoms with van der Waals surface area (Å²) in [6.07, 6.45) is 5.83. The van der Waals surface area contributed by atoms with Crippen LogP contribution in [0.25, 0.3) is 12.2 Å². The van der Waals surface area contributed by atoms with Gasteiger partial charge >= 0.3 is 0 Å². The van der Waals surface area contributed by atoms with Crippen LogP contribution in [-0.4, -0.2) is 19.9 Å². The van der Waals surface area contributed by atoms with Crippen molar-refractivity contribution in [1.82, 2.24) is 19.9 Å². The van der Waals surface area contributed by atoms with Crippen LogP contribution in [0.3, 0.4) is 0 Å². The molecule has 3 aromatic heterocycles. The van der Waals surface area contributed by atoms with Gasteiger partial charge in [0.25, 0.3) is 11.1 Å². The number of imidazole rings is 1. The van der Waals surface area contributed by atoms with Gasteiger partial charge in [0, 0.05) is 20.9 Å². The molecule has 136 valence electrons. The second kappa shape index (κ2) is 6.92. The molecular weight excluding hydrogens is 348 g/mol. The van der Waals surface area contributed by atoms with Crippen molar-refractivity contribution >= 4 is 23.5 Å². The number of aromatic amines is 3. The fraction of sp³-hybridized carbons (Fsp3) is 0.316. The van der Waals surface area contributed by atoms with Crippen LogP contribution in [0.2, 0.25) is 0 Å². The maximum Gasteiger partial charge on any atom is 0.272 e. The van der Waals surface area contributed by atoms with Crippen LogP contribution in [0.1, 0.15) is 48.8 Å². The number of aromatic nitrogens is 4. The molecule has 0 aliphatic carbocycles. The molecule has 0 amide bonds. The summed E-state index contributed by atoms with van der Waals surface area (Å²) in [6.45, 7) is 8.23. The van der Waals surface area contributed by atoms with E-state index in [-0.39, 0.29) is 27.2 Å². The second-order valence-electron chi connectivity index (χ2n) is 7.09. The smallest absolute Gasteiger partial charge is 0.272 e. The standard InChI is InChI=1S/C19H22N4O2S/c1-5-11-6-7-12(26-11)8-14-17(24)23-15(18(25)22-14)9-13-16(19(2,3)4)21-10-20-13/h6-10H,5H2,1-4H3,(H,20,21)(H,22,25)(H,23,24)/b14-8-,15-9-. The van der Waals surface area contributed by atoms with Gasteiger partial charge in [-0.15, -0.1) is 11.3 Å². The van der Waals surface area contributed by atoms with Gasteiger partial charge in [-0.1, -0.05) is 27.7 Å². The molecule has 3 N–H and O–H groups in total. The highest BCUT2D eigenvalue weighted by molar-refractivity contribution is 7.12. The molecule has 26 heavy (non-hydrogen) atoms. The minimum absolute atomic E-state index is 0.154. The Labute approximate surface area is 154 Å². The third-order valence-corrected chi connectivity index (χ3v) is 5.18. The van der Waals surface area contributed by atoms with Gasteiger partial charge in [-0.3, -0.25) is 9.59 Å². The third-order valence-electron chi connectivity index (χ3n) is 4.00. The summed E-state index contributed by atoms with van der Waals surface area (Å²) in [5.41, 5.74) is 0.695. The van der Waals surface area contributed by atoms with E-state index < -0.39 is 0 Å². The summed E-state index contributed by atoms with van der Waals surface area (Å²) in [6, 6.07) is 3.97. The van der Waals surface area contributed by atoms with Crippen LogP contribution in [0.15, 0.2) is 28.0 Å². The van der Waals surface area contributed by atoms with E-state index in [0.29, 0.717) is 5.69 Å². The summed E-state index contributed by atoms with van der Waals surface area (Å²) >= 11 is 1.60. The predicted molar refractivity (Wildman–Crippen MR) is 105 cm³/mol. The Kier molecular flexibility index (Phi) is 4.82. The Balaban J connectivity index is 2.10. The van der Waals surface area contributed by atoms with Crippen LogP contribution < -0.4 is 21.8 Å². The minimum atomic E-state index is -0.356. The molecule has 0 aliphatic rings. The molecule has 0 atom stereocenters. The van der Waals surface area contributed by atoms with Crippen LogP contribution in [0.5, 0.6) is 0 Å². The van der Waals surface area contributed by atoms with Crippen molar-refractivity contribution in [3.63, 3.8) is 0 Å². The molecule has 3 heterocycles. The van der Waals surface area contributed by atoms with Gasteiger partial charge in [0.2, 0.25) is 0 Å². The van der Waals surface area contributed by atoms with Crippen LogP contribution >= 0.6 is 11.3 Å². The van der Waals surface area contributed by atoms with E-state index in [1.807, 2.05) is 12.1 Å². The van der Waals surface area contributed by atoms with Crippen LogP contribution in [0, 0.1) is 0 Å². The predicted octanol–water partition coefficient (Wildman–Crippen LogP) is 1.37. The van der Waals surface area contributed by atoms with Crippen molar-refractivity contribution in [2.24, 2.45) is 0 Å². The number of thiophene rings is 1. The third kappa shape index (κ3) is 3.77. The molecule has 3 rings (SSSR count). The fourth-order valence-corrected chi connectivity index (χ4v) is 3.55. The molecule has 0 radical (unpaired) electrons. The molecule has 0 saturated carbocycles. The van der Waals surface area contributed by atoms with Gasteiger partial charge in [-0.05, 0) is 30.7 Å². The van der Waals surface area contributed by atoms with Gasteiger partial charge in [-0.2, -0.15) is 0 Å². The van der Waals surface area contributed by atoms with Crippen LogP contribution in [0.4, 0.5) is 0 Å². The Morgan fingerprint density at radius 3 is 2.31 bits per heavy atom. The Hall–Kier alpha value is -2.67. The summed E-state index contributed by atoms with van der Waals surface area (Å²) in [7, 11) is 0. The first-order valence-electron chi connectivity index (χ1n) is 8.46. The lowest BCUT2D eigenvalue weighted by Gasteiger charge is -2.16. The second-order valence-corrected chi connectivity index (χ2v) is 8.29. The van der Waals surface area contributed by atoms with Gasteiger partial charge in [0.05, 0.1) is 12.0 Å².